The van der Waals surface area contributed by atoms with Gasteiger partial charge in [0, 0.05) is 13.0 Å². The molecule has 1 aliphatic rings. The molecule has 4 heteroatoms. The van der Waals surface area contributed by atoms with Gasteiger partial charge < -0.3 is 14.2 Å². The number of ether oxygens (including phenoxy) is 3. The summed E-state index contributed by atoms with van der Waals surface area (Å²) in [6, 6.07) is 25.2. The second-order valence-corrected chi connectivity index (χ2v) is 8.70. The maximum absolute atomic E-state index is 12.2. The molecule has 0 bridgehead atoms. The lowest BCUT2D eigenvalue weighted by Gasteiger charge is -2.16. The lowest BCUT2D eigenvalue weighted by Crippen LogP contribution is -2.29. The standard InChI is InChI=1S/C31H34O4/c1-3-20-35-30(31(32)33-4-2)22-23-13-17-26(18-14-23)34-21-19-29-27-11-7-5-9-24(27)15-16-25-10-6-8-12-28(25)29/h5-14,17-19,30H,3-4,15-16,20-22H2,1-2H3. The number of hydrogen-bond acceptors (Lipinski definition) is 4. The zero-order chi connectivity index (χ0) is 24.5. The van der Waals surface area contributed by atoms with Crippen LogP contribution in [0.5, 0.6) is 5.75 Å². The third-order valence-corrected chi connectivity index (χ3v) is 6.23. The van der Waals surface area contributed by atoms with Gasteiger partial charge in [0.2, 0.25) is 0 Å². The van der Waals surface area contributed by atoms with Crippen LogP contribution in [-0.4, -0.2) is 31.9 Å². The van der Waals surface area contributed by atoms with E-state index in [0.29, 0.717) is 26.2 Å². The highest BCUT2D eigenvalue weighted by Gasteiger charge is 2.21. The van der Waals surface area contributed by atoms with Crippen molar-refractivity contribution in [1.82, 2.24) is 0 Å². The Morgan fingerprint density at radius 3 is 2.11 bits per heavy atom. The molecule has 0 radical (unpaired) electrons. The van der Waals surface area contributed by atoms with Crippen molar-refractivity contribution in [2.24, 2.45) is 0 Å². The van der Waals surface area contributed by atoms with E-state index in [4.69, 9.17) is 14.2 Å². The van der Waals surface area contributed by atoms with Gasteiger partial charge in [-0.05, 0) is 77.8 Å². The molecule has 3 aromatic rings. The third-order valence-electron chi connectivity index (χ3n) is 6.23. The fraction of sp³-hybridized carbons (Fsp3) is 0.323. The Balaban J connectivity index is 1.45. The van der Waals surface area contributed by atoms with Crippen molar-refractivity contribution in [3.05, 3.63) is 107 Å². The fourth-order valence-electron chi connectivity index (χ4n) is 4.50. The molecule has 0 amide bonds. The summed E-state index contributed by atoms with van der Waals surface area (Å²) < 4.78 is 17.0. The topological polar surface area (TPSA) is 44.8 Å². The van der Waals surface area contributed by atoms with Crippen LogP contribution in [0.2, 0.25) is 0 Å². The highest BCUT2D eigenvalue weighted by atomic mass is 16.6. The quantitative estimate of drug-likeness (QED) is 0.331. The molecule has 0 fully saturated rings. The summed E-state index contributed by atoms with van der Waals surface area (Å²) in [6.45, 7) is 5.19. The molecule has 0 aliphatic heterocycles. The van der Waals surface area contributed by atoms with Crippen LogP contribution in [0.25, 0.3) is 5.57 Å². The first kappa shape index (κ1) is 24.7. The highest BCUT2D eigenvalue weighted by molar-refractivity contribution is 5.84. The van der Waals surface area contributed by atoms with E-state index in [9.17, 15) is 4.79 Å². The number of esters is 1. The first-order valence-corrected chi connectivity index (χ1v) is 12.6. The Kier molecular flexibility index (Phi) is 8.74. The Labute approximate surface area is 208 Å². The zero-order valence-electron chi connectivity index (χ0n) is 20.7. The number of rotatable bonds is 10. The van der Waals surface area contributed by atoms with Crippen molar-refractivity contribution in [3.8, 4) is 5.75 Å². The predicted molar refractivity (Wildman–Crippen MR) is 140 cm³/mol. The van der Waals surface area contributed by atoms with E-state index >= 15 is 0 Å². The van der Waals surface area contributed by atoms with Gasteiger partial charge in [-0.3, -0.25) is 0 Å². The number of hydrogen-bond donors (Lipinski definition) is 0. The SMILES string of the molecule is CCCOC(Cc1ccc(OCC=C2c3ccccc3CCc3ccccc32)cc1)C(=O)OCC. The predicted octanol–water partition coefficient (Wildman–Crippen LogP) is 6.20. The minimum absolute atomic E-state index is 0.308. The summed E-state index contributed by atoms with van der Waals surface area (Å²) in [6.07, 6.45) is 5.03. The van der Waals surface area contributed by atoms with Crippen molar-refractivity contribution >= 4 is 11.5 Å². The lowest BCUT2D eigenvalue weighted by atomic mass is 9.94. The van der Waals surface area contributed by atoms with Crippen LogP contribution >= 0.6 is 0 Å². The minimum Gasteiger partial charge on any atom is -0.490 e. The lowest BCUT2D eigenvalue weighted by molar-refractivity contribution is -0.156. The monoisotopic (exact) mass is 470 g/mol. The van der Waals surface area contributed by atoms with Crippen LogP contribution in [0.4, 0.5) is 0 Å². The van der Waals surface area contributed by atoms with Gasteiger partial charge in [0.1, 0.15) is 12.4 Å². The van der Waals surface area contributed by atoms with E-state index in [2.05, 4.69) is 54.6 Å². The summed E-state index contributed by atoms with van der Waals surface area (Å²) >= 11 is 0. The maximum Gasteiger partial charge on any atom is 0.335 e. The number of fused-ring (bicyclic) bond motifs is 2. The van der Waals surface area contributed by atoms with E-state index in [0.717, 1.165) is 30.6 Å². The number of aryl methyl sites for hydroxylation is 2. The van der Waals surface area contributed by atoms with Gasteiger partial charge in [0.25, 0.3) is 0 Å². The molecule has 1 aliphatic carbocycles. The Morgan fingerprint density at radius 1 is 0.886 bits per heavy atom. The first-order chi connectivity index (χ1) is 17.2. The van der Waals surface area contributed by atoms with Gasteiger partial charge in [-0.1, -0.05) is 67.6 Å². The molecule has 0 N–H and O–H groups in total. The van der Waals surface area contributed by atoms with E-state index in [-0.39, 0.29) is 5.97 Å². The second kappa shape index (κ2) is 12.4. The average molecular weight is 471 g/mol. The summed E-state index contributed by atoms with van der Waals surface area (Å²) in [5.74, 6) is 0.486. The molecule has 35 heavy (non-hydrogen) atoms. The van der Waals surface area contributed by atoms with Gasteiger partial charge in [0.05, 0.1) is 6.61 Å². The van der Waals surface area contributed by atoms with Crippen LogP contribution < -0.4 is 4.74 Å². The molecule has 1 atom stereocenters. The third kappa shape index (κ3) is 6.40. The maximum atomic E-state index is 12.2. The number of carbonyl (C=O) groups is 1. The van der Waals surface area contributed by atoms with Crippen molar-refractivity contribution in [2.45, 2.75) is 45.6 Å². The van der Waals surface area contributed by atoms with E-state index in [1.807, 2.05) is 38.1 Å². The fourth-order valence-corrected chi connectivity index (χ4v) is 4.50. The molecule has 3 aromatic carbocycles. The summed E-state index contributed by atoms with van der Waals surface area (Å²) in [7, 11) is 0. The smallest absolute Gasteiger partial charge is 0.335 e. The van der Waals surface area contributed by atoms with E-state index in [1.165, 1.54) is 27.8 Å². The molecule has 182 valence electrons. The van der Waals surface area contributed by atoms with Gasteiger partial charge in [-0.25, -0.2) is 4.79 Å². The molecule has 4 nitrogen and oxygen atoms in total. The number of benzene rings is 3. The largest absolute Gasteiger partial charge is 0.490 e. The summed E-state index contributed by atoms with van der Waals surface area (Å²) in [5.41, 5.74) is 7.57. The van der Waals surface area contributed by atoms with Crippen LogP contribution in [0.15, 0.2) is 78.9 Å². The second-order valence-electron chi connectivity index (χ2n) is 8.70. The van der Waals surface area contributed by atoms with Gasteiger partial charge in [-0.15, -0.1) is 0 Å². The number of carbonyl (C=O) groups excluding carboxylic acids is 1. The van der Waals surface area contributed by atoms with E-state index in [1.54, 1.807) is 0 Å². The molecule has 0 saturated carbocycles. The van der Waals surface area contributed by atoms with Crippen LogP contribution in [-0.2, 0) is 33.5 Å². The highest BCUT2D eigenvalue weighted by Crippen LogP contribution is 2.33. The van der Waals surface area contributed by atoms with E-state index < -0.39 is 6.10 Å². The summed E-state index contributed by atoms with van der Waals surface area (Å²) in [5, 5.41) is 0. The van der Waals surface area contributed by atoms with Gasteiger partial charge in [0.15, 0.2) is 6.10 Å². The Bertz CT molecular complexity index is 1100. The van der Waals surface area contributed by atoms with Gasteiger partial charge >= 0.3 is 5.97 Å². The Hall–Kier alpha value is -3.37. The van der Waals surface area contributed by atoms with Crippen molar-refractivity contribution in [3.63, 3.8) is 0 Å². The summed E-state index contributed by atoms with van der Waals surface area (Å²) in [4.78, 5) is 12.2. The zero-order valence-corrected chi connectivity index (χ0v) is 20.7. The van der Waals surface area contributed by atoms with Crippen LogP contribution in [0.3, 0.4) is 0 Å². The molecule has 0 heterocycles. The molecule has 0 saturated heterocycles. The van der Waals surface area contributed by atoms with Crippen LogP contribution in [0, 0.1) is 0 Å². The molecule has 1 unspecified atom stereocenters. The first-order valence-electron chi connectivity index (χ1n) is 12.6. The van der Waals surface area contributed by atoms with Crippen LogP contribution in [0.1, 0.15) is 48.1 Å². The molecular formula is C31H34O4. The molecule has 0 spiro atoms. The van der Waals surface area contributed by atoms with Gasteiger partial charge in [-0.2, -0.15) is 0 Å². The molecule has 4 rings (SSSR count). The minimum atomic E-state index is -0.582. The Morgan fingerprint density at radius 2 is 1.51 bits per heavy atom. The normalized spacial score (nSPS) is 13.3. The average Bonchev–Trinajstić information content (AvgIpc) is 3.05. The van der Waals surface area contributed by atoms with Crippen molar-refractivity contribution in [2.75, 3.05) is 19.8 Å². The molecular weight excluding hydrogens is 436 g/mol. The van der Waals surface area contributed by atoms with Crippen molar-refractivity contribution in [1.29, 1.82) is 0 Å². The van der Waals surface area contributed by atoms with Crippen molar-refractivity contribution < 1.29 is 19.0 Å². The molecule has 0 aromatic heterocycles.